The van der Waals surface area contributed by atoms with E-state index in [-0.39, 0.29) is 0 Å². The molecule has 0 aliphatic carbocycles. The summed E-state index contributed by atoms with van der Waals surface area (Å²) < 4.78 is 5.17. The summed E-state index contributed by atoms with van der Waals surface area (Å²) in [5.41, 5.74) is 3.59. The van der Waals surface area contributed by atoms with Gasteiger partial charge in [0, 0.05) is 24.5 Å². The molecule has 0 fully saturated rings. The molecule has 1 heterocycles. The van der Waals surface area contributed by atoms with E-state index in [2.05, 4.69) is 35.4 Å². The monoisotopic (exact) mass is 270 g/mol. The van der Waals surface area contributed by atoms with Crippen molar-refractivity contribution in [1.82, 2.24) is 10.3 Å². The van der Waals surface area contributed by atoms with Gasteiger partial charge in [0.05, 0.1) is 7.11 Å². The predicted octanol–water partition coefficient (Wildman–Crippen LogP) is 3.12. The summed E-state index contributed by atoms with van der Waals surface area (Å²) in [4.78, 5) is 4.31. The number of hydrogen-bond donors (Lipinski definition) is 1. The minimum Gasteiger partial charge on any atom is -0.497 e. The zero-order chi connectivity index (χ0) is 14.4. The number of benzene rings is 1. The van der Waals surface area contributed by atoms with Gasteiger partial charge in [0.25, 0.3) is 0 Å². The third-order valence-corrected chi connectivity index (χ3v) is 3.33. The fourth-order valence-electron chi connectivity index (χ4n) is 2.08. The Morgan fingerprint density at radius 1 is 1.10 bits per heavy atom. The quantitative estimate of drug-likeness (QED) is 0.875. The first-order valence-corrected chi connectivity index (χ1v) is 6.95. The topological polar surface area (TPSA) is 34.1 Å². The first kappa shape index (κ1) is 14.5. The van der Waals surface area contributed by atoms with Crippen LogP contribution in [-0.2, 0) is 13.0 Å². The summed E-state index contributed by atoms with van der Waals surface area (Å²) in [7, 11) is 1.69. The predicted molar refractivity (Wildman–Crippen MR) is 82.0 cm³/mol. The van der Waals surface area contributed by atoms with Gasteiger partial charge in [0.2, 0.25) is 0 Å². The Balaban J connectivity index is 1.82. The van der Waals surface area contributed by atoms with Crippen LogP contribution in [0.25, 0.3) is 0 Å². The lowest BCUT2D eigenvalue weighted by Gasteiger charge is -2.14. The lowest BCUT2D eigenvalue weighted by molar-refractivity contribution is 0.414. The standard InChI is InChI=1S/C17H22N2O/c1-13-4-5-16(11-18-13)12-19-14(2)10-15-6-8-17(20-3)9-7-15/h4-9,11,14,19H,10,12H2,1-3H3. The van der Waals surface area contributed by atoms with Crippen LogP contribution < -0.4 is 10.1 Å². The first-order chi connectivity index (χ1) is 9.67. The van der Waals surface area contributed by atoms with Crippen LogP contribution in [0.4, 0.5) is 0 Å². The molecule has 0 bridgehead atoms. The highest BCUT2D eigenvalue weighted by molar-refractivity contribution is 5.27. The van der Waals surface area contributed by atoms with Crippen LogP contribution in [0.5, 0.6) is 5.75 Å². The van der Waals surface area contributed by atoms with Crippen LogP contribution in [0.15, 0.2) is 42.6 Å². The van der Waals surface area contributed by atoms with Gasteiger partial charge in [-0.25, -0.2) is 0 Å². The zero-order valence-corrected chi connectivity index (χ0v) is 12.4. The average molecular weight is 270 g/mol. The molecule has 0 aliphatic rings. The van der Waals surface area contributed by atoms with Crippen molar-refractivity contribution in [1.29, 1.82) is 0 Å². The second-order valence-electron chi connectivity index (χ2n) is 5.14. The van der Waals surface area contributed by atoms with Gasteiger partial charge in [-0.15, -0.1) is 0 Å². The summed E-state index contributed by atoms with van der Waals surface area (Å²) in [6, 6.07) is 12.8. The number of ether oxygens (including phenoxy) is 1. The molecular formula is C17H22N2O. The van der Waals surface area contributed by atoms with E-state index in [4.69, 9.17) is 4.74 Å². The lowest BCUT2D eigenvalue weighted by atomic mass is 10.1. The van der Waals surface area contributed by atoms with Crippen molar-refractivity contribution in [2.45, 2.75) is 32.9 Å². The highest BCUT2D eigenvalue weighted by atomic mass is 16.5. The fourth-order valence-corrected chi connectivity index (χ4v) is 2.08. The van der Waals surface area contributed by atoms with E-state index in [0.29, 0.717) is 6.04 Å². The molecule has 0 saturated carbocycles. The molecule has 0 saturated heterocycles. The molecule has 1 unspecified atom stereocenters. The number of hydrogen-bond acceptors (Lipinski definition) is 3. The van der Waals surface area contributed by atoms with Gasteiger partial charge in [-0.3, -0.25) is 4.98 Å². The van der Waals surface area contributed by atoms with Gasteiger partial charge in [-0.1, -0.05) is 18.2 Å². The molecule has 3 nitrogen and oxygen atoms in total. The summed E-state index contributed by atoms with van der Waals surface area (Å²) in [6.07, 6.45) is 2.94. The van der Waals surface area contributed by atoms with Crippen molar-refractivity contribution in [3.05, 3.63) is 59.4 Å². The van der Waals surface area contributed by atoms with Crippen molar-refractivity contribution in [3.63, 3.8) is 0 Å². The minimum absolute atomic E-state index is 0.421. The average Bonchev–Trinajstić information content (AvgIpc) is 2.47. The Morgan fingerprint density at radius 3 is 2.40 bits per heavy atom. The fraction of sp³-hybridized carbons (Fsp3) is 0.353. The molecule has 106 valence electrons. The minimum atomic E-state index is 0.421. The highest BCUT2D eigenvalue weighted by Crippen LogP contribution is 2.12. The summed E-state index contributed by atoms with van der Waals surface area (Å²) >= 11 is 0. The van der Waals surface area contributed by atoms with Crippen LogP contribution in [-0.4, -0.2) is 18.1 Å². The summed E-state index contributed by atoms with van der Waals surface area (Å²) in [6.45, 7) is 5.06. The Kier molecular flexibility index (Phi) is 5.13. The largest absolute Gasteiger partial charge is 0.497 e. The number of methoxy groups -OCH3 is 1. The van der Waals surface area contributed by atoms with Crippen LogP contribution in [0.1, 0.15) is 23.7 Å². The highest BCUT2D eigenvalue weighted by Gasteiger charge is 2.04. The van der Waals surface area contributed by atoms with Crippen molar-refractivity contribution < 1.29 is 4.74 Å². The maximum Gasteiger partial charge on any atom is 0.118 e. The SMILES string of the molecule is COc1ccc(CC(C)NCc2ccc(C)nc2)cc1. The first-order valence-electron chi connectivity index (χ1n) is 6.95. The summed E-state index contributed by atoms with van der Waals surface area (Å²) in [5.74, 6) is 0.903. The van der Waals surface area contributed by atoms with E-state index < -0.39 is 0 Å². The number of aromatic nitrogens is 1. The van der Waals surface area contributed by atoms with Crippen molar-refractivity contribution in [2.75, 3.05) is 7.11 Å². The van der Waals surface area contributed by atoms with Crippen molar-refractivity contribution in [3.8, 4) is 5.75 Å². The van der Waals surface area contributed by atoms with Crippen molar-refractivity contribution in [2.24, 2.45) is 0 Å². The smallest absolute Gasteiger partial charge is 0.118 e. The lowest BCUT2D eigenvalue weighted by Crippen LogP contribution is -2.27. The Bertz CT molecular complexity index is 520. The van der Waals surface area contributed by atoms with E-state index in [0.717, 1.165) is 24.4 Å². The number of nitrogens with one attached hydrogen (secondary N) is 1. The van der Waals surface area contributed by atoms with Crippen LogP contribution in [0.2, 0.25) is 0 Å². The third-order valence-electron chi connectivity index (χ3n) is 3.33. The molecular weight excluding hydrogens is 248 g/mol. The number of aryl methyl sites for hydroxylation is 1. The zero-order valence-electron chi connectivity index (χ0n) is 12.4. The van der Waals surface area contributed by atoms with Gasteiger partial charge >= 0.3 is 0 Å². The van der Waals surface area contributed by atoms with E-state index >= 15 is 0 Å². The Morgan fingerprint density at radius 2 is 1.80 bits per heavy atom. The molecule has 2 aromatic rings. The van der Waals surface area contributed by atoms with E-state index in [1.807, 2.05) is 31.3 Å². The molecule has 0 amide bonds. The van der Waals surface area contributed by atoms with E-state index in [1.54, 1.807) is 7.11 Å². The van der Waals surface area contributed by atoms with Gasteiger partial charge in [0.15, 0.2) is 0 Å². The molecule has 1 N–H and O–H groups in total. The number of pyridine rings is 1. The molecule has 0 aliphatic heterocycles. The molecule has 3 heteroatoms. The molecule has 1 atom stereocenters. The number of rotatable bonds is 6. The maximum absolute atomic E-state index is 5.17. The van der Waals surface area contributed by atoms with Gasteiger partial charge < -0.3 is 10.1 Å². The molecule has 1 aromatic carbocycles. The molecule has 0 radical (unpaired) electrons. The summed E-state index contributed by atoms with van der Waals surface area (Å²) in [5, 5.41) is 3.52. The number of nitrogens with zero attached hydrogens (tertiary/aromatic N) is 1. The molecule has 0 spiro atoms. The second-order valence-corrected chi connectivity index (χ2v) is 5.14. The van der Waals surface area contributed by atoms with Gasteiger partial charge in [0.1, 0.15) is 5.75 Å². The third kappa shape index (κ3) is 4.35. The Hall–Kier alpha value is -1.87. The Labute approximate surface area is 121 Å². The molecule has 2 rings (SSSR count). The van der Waals surface area contributed by atoms with Crippen molar-refractivity contribution >= 4 is 0 Å². The van der Waals surface area contributed by atoms with Crippen LogP contribution >= 0.6 is 0 Å². The second kappa shape index (κ2) is 7.06. The normalized spacial score (nSPS) is 12.2. The van der Waals surface area contributed by atoms with E-state index in [1.165, 1.54) is 11.1 Å². The maximum atomic E-state index is 5.17. The van der Waals surface area contributed by atoms with Gasteiger partial charge in [-0.05, 0) is 49.6 Å². The van der Waals surface area contributed by atoms with E-state index in [9.17, 15) is 0 Å². The van der Waals surface area contributed by atoms with Crippen LogP contribution in [0.3, 0.4) is 0 Å². The molecule has 20 heavy (non-hydrogen) atoms. The van der Waals surface area contributed by atoms with Gasteiger partial charge in [-0.2, -0.15) is 0 Å². The van der Waals surface area contributed by atoms with Crippen LogP contribution in [0, 0.1) is 6.92 Å². The molecule has 1 aromatic heterocycles.